The molecule has 0 aromatic carbocycles. The van der Waals surface area contributed by atoms with E-state index in [1.165, 1.54) is 6.92 Å². The number of rotatable bonds is 45. The molecule has 0 aliphatic carbocycles. The van der Waals surface area contributed by atoms with E-state index in [2.05, 4.69) is 63.5 Å². The number of nitrogens with one attached hydrogen (secondary N) is 11. The molecule has 0 saturated carbocycles. The van der Waals surface area contributed by atoms with Crippen LogP contribution in [0.2, 0.25) is 0 Å². The van der Waals surface area contributed by atoms with Gasteiger partial charge in [-0.3, -0.25) is 81.7 Å². The summed E-state index contributed by atoms with van der Waals surface area (Å²) in [6.07, 6.45) is -5.41. The number of aliphatic hydroxyl groups excluding tert-OH is 1. The Hall–Kier alpha value is -9.86. The smallest absolute Gasteiger partial charge is 0.326 e. The molecule has 1 heterocycles. The van der Waals surface area contributed by atoms with E-state index in [4.69, 9.17) is 28.0 Å². The molecular weight excluding hydrogens is 1250 g/mol. The van der Waals surface area contributed by atoms with Gasteiger partial charge in [0.1, 0.15) is 54.4 Å². The fourth-order valence-electron chi connectivity index (χ4n) is 8.91. The number of carboxylic acid groups (broad SMARTS) is 5. The van der Waals surface area contributed by atoms with Gasteiger partial charge < -0.3 is 117 Å². The number of hydrogen-bond donors (Lipinski definition) is 21. The molecule has 0 spiro atoms. The van der Waals surface area contributed by atoms with E-state index in [1.807, 2.05) is 0 Å². The molecule has 528 valence electrons. The van der Waals surface area contributed by atoms with E-state index in [0.717, 1.165) is 11.8 Å². The second-order valence-corrected chi connectivity index (χ2v) is 22.2. The van der Waals surface area contributed by atoms with Crippen LogP contribution >= 0.6 is 0 Å². The number of nitrogens with zero attached hydrogens (tertiary/aromatic N) is 2. The lowest BCUT2D eigenvalue weighted by atomic mass is 10.0. The molecular formula is C54H89N17O23. The number of amides is 12. The van der Waals surface area contributed by atoms with Gasteiger partial charge in [0.05, 0.1) is 44.6 Å². The average Bonchev–Trinajstić information content (AvgIpc) is 1.62. The van der Waals surface area contributed by atoms with Crippen LogP contribution < -0.4 is 81.4 Å². The van der Waals surface area contributed by atoms with Gasteiger partial charge in [-0.1, -0.05) is 13.8 Å². The highest BCUT2D eigenvalue weighted by atomic mass is 16.4. The van der Waals surface area contributed by atoms with Crippen molar-refractivity contribution in [3.63, 3.8) is 0 Å². The molecule has 1 aliphatic rings. The Bertz CT molecular complexity index is 2750. The van der Waals surface area contributed by atoms with Crippen LogP contribution in [0.3, 0.4) is 0 Å². The fourth-order valence-corrected chi connectivity index (χ4v) is 8.91. The SMILES string of the molecule is CC(C)C[C@H](NC(=O)[C@H](CC(=O)O)NC(=O)[C@@H]1CCCN1C(=O)[C@H](CC(=O)O)NC(=O)CNC(=O)[C@H](CCCN=C(N)N)NC(=O)CNC(=O)[C@@H](NC(=O)[C@H](C)NC(=O)[C@@H](N)CCC(=O)O)[C@@H](C)O)C(=O)N[C@@H](CCC(=O)O)C(=O)NCC(=O)N[C@@H](CCCCN)C(=O)O. The van der Waals surface area contributed by atoms with Gasteiger partial charge in [-0.25, -0.2) is 4.79 Å². The molecule has 0 aromatic rings. The normalized spacial score (nSPS) is 15.7. The molecule has 0 bridgehead atoms. The number of aliphatic carboxylic acids is 5. The number of carboxylic acids is 5. The number of nitrogens with two attached hydrogens (primary N) is 4. The zero-order chi connectivity index (χ0) is 71.5. The van der Waals surface area contributed by atoms with Gasteiger partial charge in [0, 0.05) is 25.9 Å². The summed E-state index contributed by atoms with van der Waals surface area (Å²) >= 11 is 0. The highest BCUT2D eigenvalue weighted by Gasteiger charge is 2.41. The van der Waals surface area contributed by atoms with Crippen LogP contribution in [0.5, 0.6) is 0 Å². The van der Waals surface area contributed by atoms with Crippen molar-refractivity contribution < 1.29 is 112 Å². The van der Waals surface area contributed by atoms with Crippen LogP contribution in [0, 0.1) is 5.92 Å². The van der Waals surface area contributed by atoms with E-state index >= 15 is 0 Å². The molecule has 1 rings (SSSR count). The molecule has 12 amide bonds. The van der Waals surface area contributed by atoms with Crippen LogP contribution in [-0.2, 0) is 81.5 Å². The van der Waals surface area contributed by atoms with E-state index in [9.17, 15) is 107 Å². The van der Waals surface area contributed by atoms with Gasteiger partial charge in [0.25, 0.3) is 0 Å². The number of aliphatic hydroxyl groups is 1. The summed E-state index contributed by atoms with van der Waals surface area (Å²) < 4.78 is 0. The van der Waals surface area contributed by atoms with Crippen molar-refractivity contribution in [3.05, 3.63) is 0 Å². The molecule has 0 aromatic heterocycles. The Morgan fingerprint density at radius 1 is 0.511 bits per heavy atom. The van der Waals surface area contributed by atoms with Crippen molar-refractivity contribution in [2.24, 2.45) is 33.8 Å². The van der Waals surface area contributed by atoms with Gasteiger partial charge in [0.2, 0.25) is 70.9 Å². The summed E-state index contributed by atoms with van der Waals surface area (Å²) in [4.78, 5) is 223. The number of likely N-dealkylation sites (tertiary alicyclic amines) is 1. The average molecular weight is 1340 g/mol. The monoisotopic (exact) mass is 1340 g/mol. The van der Waals surface area contributed by atoms with Gasteiger partial charge in [-0.2, -0.15) is 0 Å². The number of unbranched alkanes of at least 4 members (excludes halogenated alkanes) is 1. The van der Waals surface area contributed by atoms with Crippen molar-refractivity contribution >= 4 is 107 Å². The fraction of sp³-hybridized carbons (Fsp3) is 0.667. The molecule has 1 fully saturated rings. The van der Waals surface area contributed by atoms with Gasteiger partial charge >= 0.3 is 29.8 Å². The maximum atomic E-state index is 14.1. The van der Waals surface area contributed by atoms with Gasteiger partial charge in [-0.05, 0) is 90.5 Å². The second-order valence-electron chi connectivity index (χ2n) is 22.2. The van der Waals surface area contributed by atoms with Gasteiger partial charge in [-0.15, -0.1) is 0 Å². The molecule has 0 radical (unpaired) electrons. The van der Waals surface area contributed by atoms with Crippen molar-refractivity contribution in [2.45, 2.75) is 184 Å². The first-order chi connectivity index (χ1) is 44.0. The molecule has 11 atom stereocenters. The van der Waals surface area contributed by atoms with Crippen molar-refractivity contribution in [1.29, 1.82) is 0 Å². The molecule has 1 saturated heterocycles. The third kappa shape index (κ3) is 32.4. The number of carbonyl (C=O) groups is 17. The van der Waals surface area contributed by atoms with Crippen LogP contribution in [-0.4, -0.2) is 248 Å². The first-order valence-electron chi connectivity index (χ1n) is 29.8. The zero-order valence-corrected chi connectivity index (χ0v) is 52.4. The predicted octanol–water partition coefficient (Wildman–Crippen LogP) is -9.08. The second kappa shape index (κ2) is 42.3. The summed E-state index contributed by atoms with van der Waals surface area (Å²) in [6, 6.07) is -15.9. The first kappa shape index (κ1) is 82.2. The molecule has 1 aliphatic heterocycles. The van der Waals surface area contributed by atoms with E-state index < -0.39 is 225 Å². The minimum atomic E-state index is -1.98. The largest absolute Gasteiger partial charge is 0.481 e. The minimum Gasteiger partial charge on any atom is -0.481 e. The van der Waals surface area contributed by atoms with Crippen molar-refractivity contribution in [1.82, 2.24) is 63.4 Å². The topological polar surface area (TPSA) is 664 Å². The van der Waals surface area contributed by atoms with E-state index in [-0.39, 0.29) is 70.5 Å². The Morgan fingerprint density at radius 3 is 1.51 bits per heavy atom. The van der Waals surface area contributed by atoms with Crippen molar-refractivity contribution in [3.8, 4) is 0 Å². The van der Waals surface area contributed by atoms with E-state index in [0.29, 0.717) is 12.8 Å². The summed E-state index contributed by atoms with van der Waals surface area (Å²) in [5.74, 6) is -20.9. The minimum absolute atomic E-state index is 0.0143. The highest BCUT2D eigenvalue weighted by molar-refractivity contribution is 6.00. The molecule has 94 heavy (non-hydrogen) atoms. The van der Waals surface area contributed by atoms with Crippen LogP contribution in [0.25, 0.3) is 0 Å². The predicted molar refractivity (Wildman–Crippen MR) is 323 cm³/mol. The van der Waals surface area contributed by atoms with Gasteiger partial charge in [0.15, 0.2) is 5.96 Å². The number of carbonyl (C=O) groups excluding carboxylic acids is 12. The lowest BCUT2D eigenvalue weighted by Crippen LogP contribution is -2.59. The van der Waals surface area contributed by atoms with E-state index in [1.54, 1.807) is 13.8 Å². The molecule has 0 unspecified atom stereocenters. The highest BCUT2D eigenvalue weighted by Crippen LogP contribution is 2.20. The standard InChI is InChI=1S/C54H89N17O23/c1-25(2)19-32(48(88)67-30(13-15-40(78)79)47(87)61-22-37(74)65-31(53(93)94)9-5-6-16-55)68-49(89)33(20-41(80)81)69-50(90)35-11-8-18-71(35)52(92)34(21-42(82)83)66-38(75)23-60-46(86)29(10-7-17-59-54(57)58)64-36(73)24-62-51(91)43(27(4)72)70-44(84)26(3)63-45(85)28(56)12-14-39(76)77/h25-35,43,72H,5-24,55-56H2,1-4H3,(H,60,86)(H,61,87)(H,62,91)(H,63,85)(H,64,73)(H,65,74)(H,66,75)(H,67,88)(H,68,89)(H,69,90)(H,70,84)(H,76,77)(H,78,79)(H,80,81)(H,82,83)(H,93,94)(H4,57,58,59)/t26-,27+,28-,29-,30-,31-,32-,33-,34-,35-,43-/m0/s1. The number of aliphatic imine (C=N–C) groups is 1. The number of guanidine groups is 1. The van der Waals surface area contributed by atoms with Crippen LogP contribution in [0.15, 0.2) is 4.99 Å². The summed E-state index contributed by atoms with van der Waals surface area (Å²) in [7, 11) is 0. The molecule has 25 N–H and O–H groups in total. The third-order valence-corrected chi connectivity index (χ3v) is 13.7. The summed E-state index contributed by atoms with van der Waals surface area (Å²) in [5.41, 5.74) is 21.9. The van der Waals surface area contributed by atoms with Crippen LogP contribution in [0.1, 0.15) is 118 Å². The Kier molecular flexibility index (Phi) is 37.0. The summed E-state index contributed by atoms with van der Waals surface area (Å²) in [5, 5.41) is 82.2. The Balaban J connectivity index is 3.25. The molecule has 40 heteroatoms. The quantitative estimate of drug-likeness (QED) is 0.0153. The van der Waals surface area contributed by atoms with Crippen LogP contribution in [0.4, 0.5) is 0 Å². The maximum absolute atomic E-state index is 14.1. The third-order valence-electron chi connectivity index (χ3n) is 13.7. The lowest BCUT2D eigenvalue weighted by molar-refractivity contribution is -0.146. The summed E-state index contributed by atoms with van der Waals surface area (Å²) in [6.45, 7) is 2.83. The Morgan fingerprint density at radius 2 is 1.00 bits per heavy atom. The zero-order valence-electron chi connectivity index (χ0n) is 52.4. The Labute approximate surface area is 538 Å². The lowest BCUT2D eigenvalue weighted by Gasteiger charge is -2.30. The van der Waals surface area contributed by atoms with Crippen molar-refractivity contribution in [2.75, 3.05) is 39.3 Å². The first-order valence-corrected chi connectivity index (χ1v) is 29.8. The number of hydrogen-bond acceptors (Lipinski definition) is 21. The molecule has 40 nitrogen and oxygen atoms in total. The maximum Gasteiger partial charge on any atom is 0.326 e.